The number of hydrogen-bond donors (Lipinski definition) is 0. The average molecular weight is 947 g/mol. The van der Waals surface area contributed by atoms with Crippen LogP contribution in [0.25, 0.3) is 0 Å². The molecule has 9 aromatic carbocycles. The quantitative estimate of drug-likeness (QED) is 0.0947. The molecule has 0 spiro atoms. The summed E-state index contributed by atoms with van der Waals surface area (Å²) in [5, 5.41) is 8.39. The van der Waals surface area contributed by atoms with Gasteiger partial charge in [0.2, 0.25) is 0 Å². The van der Waals surface area contributed by atoms with Gasteiger partial charge in [0, 0.05) is 19.5 Å². The van der Waals surface area contributed by atoms with Crippen LogP contribution in [0.4, 0.5) is 0 Å². The summed E-state index contributed by atoms with van der Waals surface area (Å²) in [6.45, 7) is 0. The molecule has 0 amide bonds. The van der Waals surface area contributed by atoms with Crippen molar-refractivity contribution in [3.05, 3.63) is 311 Å². The molecular weight excluding hydrogens is 896 g/mol. The molecule has 64 heavy (non-hydrogen) atoms. The van der Waals surface area contributed by atoms with Crippen LogP contribution in [0.5, 0.6) is 0 Å². The zero-order valence-corrected chi connectivity index (χ0v) is 39.1. The molecule has 0 aliphatic heterocycles. The van der Waals surface area contributed by atoms with Crippen LogP contribution in [0.3, 0.4) is 0 Å². The Balaban J connectivity index is 0.000000144. The molecule has 0 nitrogen and oxygen atoms in total. The van der Waals surface area contributed by atoms with Gasteiger partial charge >= 0.3 is 0 Å². The molecule has 9 aromatic rings. The fourth-order valence-corrected chi connectivity index (χ4v) is 13.1. The molecule has 0 unspecified atom stereocenters. The van der Waals surface area contributed by atoms with Crippen molar-refractivity contribution in [2.75, 3.05) is 0 Å². The monoisotopic (exact) mass is 946 g/mol. The fraction of sp³-hybridized carbons (Fsp3) is 0. The van der Waals surface area contributed by atoms with Gasteiger partial charge < -0.3 is 0 Å². The number of benzene rings is 9. The second-order valence-electron chi connectivity index (χ2n) is 15.2. The van der Waals surface area contributed by atoms with Gasteiger partial charge in [0.15, 0.2) is 0 Å². The first-order valence-electron chi connectivity index (χ1n) is 21.6. The molecule has 1 saturated carbocycles. The molecule has 1 aliphatic rings. The average Bonchev–Trinajstić information content (AvgIpc) is 3.38. The third-order valence-corrected chi connectivity index (χ3v) is 16.2. The topological polar surface area (TPSA) is 0 Å². The molecule has 0 bridgehead atoms. The Hall–Kier alpha value is -5.47. The maximum absolute atomic E-state index is 2.26. The van der Waals surface area contributed by atoms with Crippen molar-refractivity contribution >= 4 is 70.2 Å². The van der Waals surface area contributed by atoms with Gasteiger partial charge in [-0.1, -0.05) is 286 Å². The van der Waals surface area contributed by atoms with Gasteiger partial charge in [0.25, 0.3) is 0 Å². The van der Waals surface area contributed by atoms with E-state index < -0.39 is 22.0 Å². The standard InChI is InChI=1S/C24H20B.2C18H15P.Rh/c1-5-13-21(14-6-1)25(22-15-7-2-8-16-22,23-17-9-3-10-18-23)24-19-11-4-12-20-24;2*1-4-10-16(11-5-1)19(17-12-6-2-7-13-17)18-14-8-3-9-15-18;/h1-20H;2*1-15H;/q-1;;;. The van der Waals surface area contributed by atoms with Gasteiger partial charge in [-0.2, -0.15) is 22.2 Å². The third kappa shape index (κ3) is 11.6. The minimum atomic E-state index is -1.22. The molecular formula is C60H50BP2Rh-. The molecule has 10 rings (SSSR count). The molecule has 1 fully saturated rings. The zero-order valence-electron chi connectivity index (χ0n) is 35.7. The van der Waals surface area contributed by atoms with Gasteiger partial charge in [-0.3, -0.25) is 0 Å². The Morgan fingerprint density at radius 3 is 0.609 bits per heavy atom. The van der Waals surface area contributed by atoms with E-state index in [-0.39, 0.29) is 19.5 Å². The van der Waals surface area contributed by atoms with Crippen molar-refractivity contribution in [2.45, 2.75) is 0 Å². The molecule has 0 N–H and O–H groups in total. The van der Waals surface area contributed by atoms with Crippen LogP contribution in [-0.4, -0.2) is 6.15 Å². The van der Waals surface area contributed by atoms with E-state index in [1.165, 1.54) is 54.0 Å². The van der Waals surface area contributed by atoms with Crippen molar-refractivity contribution in [1.82, 2.24) is 0 Å². The summed E-state index contributed by atoms with van der Waals surface area (Å²) in [6, 6.07) is 97.3. The van der Waals surface area contributed by atoms with E-state index in [4.69, 9.17) is 0 Å². The van der Waals surface area contributed by atoms with Crippen molar-refractivity contribution < 1.29 is 19.5 Å². The summed E-state index contributed by atoms with van der Waals surface area (Å²) in [6.07, 6.45) is 9.67. The molecule has 0 saturated heterocycles. The van der Waals surface area contributed by atoms with Gasteiger partial charge in [0.1, 0.15) is 0 Å². The number of rotatable bonds is 10. The normalized spacial score (nSPS) is 12.5. The molecule has 0 aromatic heterocycles. The first-order valence-corrected chi connectivity index (χ1v) is 24.3. The SMILES string of the molecule is [CH]1[CH][CH][C]([B-](c2ccccc2)(c2ccccc2)c2ccccc2)[CH][CH]1.[Rh].c1ccc(P(c2ccccc2)c2ccccc2)cc1.c1ccc(P(c2ccccc2)c2ccccc2)cc1. The van der Waals surface area contributed by atoms with Gasteiger partial charge in [0.05, 0.1) is 6.15 Å². The minimum Gasteiger partial charge on any atom is -0.199 e. The van der Waals surface area contributed by atoms with E-state index in [0.717, 1.165) is 0 Å². The zero-order chi connectivity index (χ0) is 42.8. The van der Waals surface area contributed by atoms with E-state index in [1.54, 1.807) is 0 Å². The van der Waals surface area contributed by atoms with E-state index in [0.29, 0.717) is 0 Å². The molecule has 313 valence electrons. The second-order valence-corrected chi connectivity index (χ2v) is 19.6. The molecule has 0 heterocycles. The van der Waals surface area contributed by atoms with Crippen molar-refractivity contribution in [1.29, 1.82) is 0 Å². The maximum atomic E-state index is 2.26. The smallest absolute Gasteiger partial charge is 0.0851 e. The molecule has 7 radical (unpaired) electrons. The molecule has 0 atom stereocenters. The Morgan fingerprint density at radius 2 is 0.406 bits per heavy atom. The summed E-state index contributed by atoms with van der Waals surface area (Å²) in [5.74, 6) is 1.34. The van der Waals surface area contributed by atoms with Gasteiger partial charge in [-0.05, 0) is 66.9 Å². The van der Waals surface area contributed by atoms with Crippen molar-refractivity contribution in [3.63, 3.8) is 0 Å². The van der Waals surface area contributed by atoms with Crippen LogP contribution in [0.2, 0.25) is 0 Å². The summed E-state index contributed by atoms with van der Waals surface area (Å²) in [4.78, 5) is 0. The fourth-order valence-electron chi connectivity index (χ4n) is 8.48. The van der Waals surface area contributed by atoms with Crippen LogP contribution in [0, 0.1) is 37.9 Å². The third-order valence-electron chi connectivity index (χ3n) is 11.3. The molecule has 1 aliphatic carbocycles. The van der Waals surface area contributed by atoms with Crippen LogP contribution >= 0.6 is 15.8 Å². The summed E-state index contributed by atoms with van der Waals surface area (Å²) in [5.41, 5.74) is 4.02. The predicted molar refractivity (Wildman–Crippen MR) is 279 cm³/mol. The Bertz CT molecular complexity index is 2210. The van der Waals surface area contributed by atoms with Gasteiger partial charge in [-0.15, -0.1) is 0 Å². The van der Waals surface area contributed by atoms with Crippen LogP contribution < -0.4 is 48.2 Å². The van der Waals surface area contributed by atoms with Crippen LogP contribution in [0.1, 0.15) is 0 Å². The largest absolute Gasteiger partial charge is 0.199 e. The second kappa shape index (κ2) is 24.6. The summed E-state index contributed by atoms with van der Waals surface area (Å²) < 4.78 is 0. The summed E-state index contributed by atoms with van der Waals surface area (Å²) in [7, 11) is -0.892. The van der Waals surface area contributed by atoms with E-state index in [1.807, 2.05) is 0 Å². The molecule has 4 heteroatoms. The van der Waals surface area contributed by atoms with Crippen LogP contribution in [0.15, 0.2) is 273 Å². The maximum Gasteiger partial charge on any atom is 0.0851 e. The van der Waals surface area contributed by atoms with E-state index in [2.05, 4.69) is 305 Å². The first-order chi connectivity index (χ1) is 31.3. The Labute approximate surface area is 398 Å². The minimum absolute atomic E-state index is 0. The first kappa shape index (κ1) is 46.5. The van der Waals surface area contributed by atoms with Gasteiger partial charge in [-0.25, -0.2) is 0 Å². The predicted octanol–water partition coefficient (Wildman–Crippen LogP) is 10.2. The Morgan fingerprint density at radius 1 is 0.219 bits per heavy atom. The Kier molecular flexibility index (Phi) is 17.8. The van der Waals surface area contributed by atoms with Crippen molar-refractivity contribution in [3.8, 4) is 0 Å². The number of hydrogen-bond acceptors (Lipinski definition) is 0. The van der Waals surface area contributed by atoms with Crippen LogP contribution in [-0.2, 0) is 19.5 Å². The van der Waals surface area contributed by atoms with Crippen molar-refractivity contribution in [2.24, 2.45) is 0 Å². The summed E-state index contributed by atoms with van der Waals surface area (Å²) >= 11 is 0. The van der Waals surface area contributed by atoms with E-state index >= 15 is 0 Å². The van der Waals surface area contributed by atoms with E-state index in [9.17, 15) is 0 Å².